The van der Waals surface area contributed by atoms with Crippen LogP contribution in [0.25, 0.3) is 45.4 Å². The van der Waals surface area contributed by atoms with Gasteiger partial charge in [0.1, 0.15) is 0 Å². The van der Waals surface area contributed by atoms with Gasteiger partial charge in [-0.2, -0.15) is 17.6 Å². The molecular weight excluding hydrogens is 773 g/mol. The summed E-state index contributed by atoms with van der Waals surface area (Å²) in [6.07, 6.45) is -6.72. The van der Waals surface area contributed by atoms with Gasteiger partial charge in [-0.3, -0.25) is 4.74 Å². The van der Waals surface area contributed by atoms with Crippen LogP contribution in [0, 0.1) is 6.07 Å². The smallest absolute Gasteiger partial charge is 0.304 e. The van der Waals surface area contributed by atoms with Crippen LogP contribution in [0.1, 0.15) is 63.8 Å². The zero-order chi connectivity index (χ0) is 32.4. The first-order valence-electron chi connectivity index (χ1n) is 14.5. The van der Waals surface area contributed by atoms with E-state index in [0.29, 0.717) is 23.0 Å². The van der Waals surface area contributed by atoms with E-state index in [0.717, 1.165) is 23.3 Å². The molecule has 6 rings (SSSR count). The minimum absolute atomic E-state index is 0. The maximum absolute atomic E-state index is 14.2. The van der Waals surface area contributed by atoms with Crippen molar-refractivity contribution in [2.24, 2.45) is 0 Å². The Morgan fingerprint density at radius 2 is 1.04 bits per heavy atom. The molecule has 10 heteroatoms. The average molecular weight is 804 g/mol. The van der Waals surface area contributed by atoms with Crippen molar-refractivity contribution < 1.29 is 42.4 Å². The second-order valence-electron chi connectivity index (χ2n) is 13.2. The van der Waals surface area contributed by atoms with Crippen molar-refractivity contribution in [2.75, 3.05) is 0 Å². The number of nitrogens with zero attached hydrogens (tertiary/aromatic N) is 4. The summed E-state index contributed by atoms with van der Waals surface area (Å²) in [6, 6.07) is 23.8. The van der Waals surface area contributed by atoms with Crippen LogP contribution in [0.15, 0.2) is 79.0 Å². The SMILES string of the molecule is CC(C)(C)c1ccc(-c2nc(-c3ccc(C(C)(C)C)cc3)nc(-c3ccc(-c4[c-]cc5c(c4)C(F)(F)OC5(F)F)nc3)n2)cc1.[Ir]. The second kappa shape index (κ2) is 11.7. The maximum atomic E-state index is 14.2. The predicted octanol–water partition coefficient (Wildman–Crippen LogP) is 9.46. The molecule has 2 aromatic heterocycles. The van der Waals surface area contributed by atoms with E-state index in [1.54, 1.807) is 12.1 Å². The van der Waals surface area contributed by atoms with Crippen LogP contribution >= 0.6 is 0 Å². The normalized spacial score (nSPS) is 15.3. The maximum Gasteiger partial charge on any atom is 0.371 e. The second-order valence-corrected chi connectivity index (χ2v) is 13.2. The summed E-state index contributed by atoms with van der Waals surface area (Å²) < 4.78 is 59.8. The largest absolute Gasteiger partial charge is 0.371 e. The van der Waals surface area contributed by atoms with Crippen molar-refractivity contribution in [1.29, 1.82) is 0 Å². The van der Waals surface area contributed by atoms with Gasteiger partial charge < -0.3 is 4.98 Å². The molecule has 0 unspecified atom stereocenters. The van der Waals surface area contributed by atoms with Gasteiger partial charge in [0, 0.05) is 43.0 Å². The fraction of sp³-hybridized carbons (Fsp3) is 0.278. The molecule has 0 saturated carbocycles. The number of halogens is 4. The number of alkyl halides is 4. The molecule has 0 amide bonds. The molecule has 0 fully saturated rings. The number of hydrogen-bond acceptors (Lipinski definition) is 5. The first kappa shape index (κ1) is 33.5. The van der Waals surface area contributed by atoms with Crippen LogP contribution in [0.5, 0.6) is 0 Å². The molecule has 46 heavy (non-hydrogen) atoms. The van der Waals surface area contributed by atoms with Gasteiger partial charge in [0.15, 0.2) is 17.5 Å². The van der Waals surface area contributed by atoms with Crippen molar-refractivity contribution in [1.82, 2.24) is 19.9 Å². The van der Waals surface area contributed by atoms with E-state index in [9.17, 15) is 17.6 Å². The van der Waals surface area contributed by atoms with Gasteiger partial charge in [-0.15, -0.1) is 23.8 Å². The van der Waals surface area contributed by atoms with E-state index in [-0.39, 0.29) is 42.2 Å². The molecule has 0 bridgehead atoms. The summed E-state index contributed by atoms with van der Waals surface area (Å²) in [5.41, 5.74) is 3.07. The third-order valence-electron chi connectivity index (χ3n) is 7.79. The summed E-state index contributed by atoms with van der Waals surface area (Å²) in [6.45, 7) is 12.9. The predicted molar refractivity (Wildman–Crippen MR) is 164 cm³/mol. The van der Waals surface area contributed by atoms with Gasteiger partial charge in [-0.25, -0.2) is 15.0 Å². The van der Waals surface area contributed by atoms with E-state index in [1.807, 2.05) is 24.3 Å². The Labute approximate surface area is 278 Å². The standard InChI is InChI=1S/C36H31F4N4O.Ir/c1-33(2,3)25-13-7-21(8-14-25)30-42-31(22-9-15-26(16-10-22)34(4,5)6)44-32(43-30)24-12-18-29(41-20-24)23-11-17-27-28(19-23)36(39,40)45-35(27,37)38;/h7-10,12-20H,1-6H3;/q-1;. The number of pyridine rings is 1. The Morgan fingerprint density at radius 1 is 0.609 bits per heavy atom. The van der Waals surface area contributed by atoms with Crippen LogP contribution in [0.2, 0.25) is 0 Å². The number of fused-ring (bicyclic) bond motifs is 1. The van der Waals surface area contributed by atoms with Crippen molar-refractivity contribution in [2.45, 2.75) is 64.6 Å². The van der Waals surface area contributed by atoms with E-state index in [4.69, 9.17) is 15.0 Å². The molecule has 1 aliphatic rings. The molecule has 5 nitrogen and oxygen atoms in total. The summed E-state index contributed by atoms with van der Waals surface area (Å²) in [5, 5.41) is 0. The van der Waals surface area contributed by atoms with Gasteiger partial charge in [0.05, 0.1) is 0 Å². The van der Waals surface area contributed by atoms with Crippen molar-refractivity contribution in [3.8, 4) is 45.4 Å². The first-order valence-corrected chi connectivity index (χ1v) is 14.5. The van der Waals surface area contributed by atoms with E-state index in [1.165, 1.54) is 17.3 Å². The Balaban J connectivity index is 0.00000417. The van der Waals surface area contributed by atoms with E-state index < -0.39 is 23.3 Å². The Hall–Kier alpha value is -3.85. The van der Waals surface area contributed by atoms with Crippen LogP contribution in [-0.4, -0.2) is 19.9 Å². The third kappa shape index (κ3) is 6.52. The molecule has 1 aliphatic heterocycles. The van der Waals surface area contributed by atoms with Crippen LogP contribution < -0.4 is 0 Å². The zero-order valence-corrected chi connectivity index (χ0v) is 28.4. The van der Waals surface area contributed by atoms with Gasteiger partial charge in [-0.1, -0.05) is 102 Å². The van der Waals surface area contributed by atoms with E-state index >= 15 is 0 Å². The summed E-state index contributed by atoms with van der Waals surface area (Å²) in [5.74, 6) is 1.33. The summed E-state index contributed by atoms with van der Waals surface area (Å²) >= 11 is 0. The first-order chi connectivity index (χ1) is 21.0. The molecule has 0 spiro atoms. The fourth-order valence-corrected chi connectivity index (χ4v) is 5.08. The molecule has 0 aliphatic carbocycles. The zero-order valence-electron chi connectivity index (χ0n) is 26.0. The fourth-order valence-electron chi connectivity index (χ4n) is 5.08. The van der Waals surface area contributed by atoms with Crippen molar-refractivity contribution >= 4 is 0 Å². The quantitative estimate of drug-likeness (QED) is 0.134. The molecule has 239 valence electrons. The molecule has 5 aromatic rings. The molecule has 0 atom stereocenters. The van der Waals surface area contributed by atoms with Gasteiger partial charge in [0.2, 0.25) is 0 Å². The number of benzene rings is 3. The van der Waals surface area contributed by atoms with Gasteiger partial charge >= 0.3 is 12.2 Å². The molecule has 3 heterocycles. The summed E-state index contributed by atoms with van der Waals surface area (Å²) in [7, 11) is 0. The Bertz CT molecular complexity index is 1810. The van der Waals surface area contributed by atoms with Gasteiger partial charge in [0.25, 0.3) is 0 Å². The van der Waals surface area contributed by atoms with Crippen molar-refractivity contribution in [3.05, 3.63) is 107 Å². The van der Waals surface area contributed by atoms with Crippen LogP contribution in [0.4, 0.5) is 17.6 Å². The van der Waals surface area contributed by atoms with Crippen LogP contribution in [-0.2, 0) is 47.9 Å². The van der Waals surface area contributed by atoms with E-state index in [2.05, 4.69) is 81.6 Å². The van der Waals surface area contributed by atoms with Crippen molar-refractivity contribution in [3.63, 3.8) is 0 Å². The third-order valence-corrected chi connectivity index (χ3v) is 7.79. The Kier molecular flexibility index (Phi) is 8.56. The molecule has 0 N–H and O–H groups in total. The average Bonchev–Trinajstić information content (AvgIpc) is 3.18. The van der Waals surface area contributed by atoms with Gasteiger partial charge in [-0.05, 0) is 38.8 Å². The minimum Gasteiger partial charge on any atom is -0.304 e. The Morgan fingerprint density at radius 3 is 1.48 bits per heavy atom. The minimum atomic E-state index is -4.13. The molecule has 0 saturated heterocycles. The number of aromatic nitrogens is 4. The summed E-state index contributed by atoms with van der Waals surface area (Å²) in [4.78, 5) is 18.8. The molecule has 3 aromatic carbocycles. The monoisotopic (exact) mass is 804 g/mol. The number of rotatable bonds is 4. The number of hydrogen-bond donors (Lipinski definition) is 0. The molecular formula is C36H31F4IrN4O-. The topological polar surface area (TPSA) is 60.8 Å². The van der Waals surface area contributed by atoms with Crippen LogP contribution in [0.3, 0.4) is 0 Å². The molecule has 1 radical (unpaired) electrons. The number of ether oxygens (including phenoxy) is 1.